The summed E-state index contributed by atoms with van der Waals surface area (Å²) in [6.07, 6.45) is 2.35. The summed E-state index contributed by atoms with van der Waals surface area (Å²) < 4.78 is 11.0. The Labute approximate surface area is 135 Å². The molecule has 0 aliphatic heterocycles. The van der Waals surface area contributed by atoms with Gasteiger partial charge in [-0.3, -0.25) is 4.79 Å². The third-order valence-electron chi connectivity index (χ3n) is 3.82. The number of benzene rings is 2. The summed E-state index contributed by atoms with van der Waals surface area (Å²) in [6.45, 7) is 0. The molecule has 4 nitrogen and oxygen atoms in total. The molecule has 0 bridgehead atoms. The highest BCUT2D eigenvalue weighted by Crippen LogP contribution is 2.22. The zero-order valence-electron chi connectivity index (χ0n) is 12.7. The van der Waals surface area contributed by atoms with Crippen molar-refractivity contribution in [2.24, 2.45) is 0 Å². The van der Waals surface area contributed by atoms with Crippen LogP contribution in [0.1, 0.15) is 36.0 Å². The third kappa shape index (κ3) is 3.97. The highest BCUT2D eigenvalue weighted by molar-refractivity contribution is 5.93. The van der Waals surface area contributed by atoms with E-state index in [9.17, 15) is 9.59 Å². The van der Waals surface area contributed by atoms with Gasteiger partial charge in [0.15, 0.2) is 11.9 Å². The molecule has 2 aromatic carbocycles. The average molecular weight is 310 g/mol. The van der Waals surface area contributed by atoms with E-state index in [4.69, 9.17) is 9.47 Å². The van der Waals surface area contributed by atoms with Crippen molar-refractivity contribution in [1.29, 1.82) is 0 Å². The molecule has 1 saturated carbocycles. The van der Waals surface area contributed by atoms with Crippen LogP contribution in [-0.4, -0.2) is 17.9 Å². The molecule has 1 aliphatic carbocycles. The fraction of sp³-hybridized carbons (Fsp3) is 0.263. The van der Waals surface area contributed by atoms with Gasteiger partial charge in [-0.05, 0) is 55.7 Å². The van der Waals surface area contributed by atoms with Crippen molar-refractivity contribution in [3.05, 3.63) is 60.2 Å². The third-order valence-corrected chi connectivity index (χ3v) is 3.82. The molecule has 0 spiro atoms. The molecule has 4 heteroatoms. The van der Waals surface area contributed by atoms with Crippen LogP contribution in [0.2, 0.25) is 0 Å². The second-order valence-corrected chi connectivity index (χ2v) is 5.55. The summed E-state index contributed by atoms with van der Waals surface area (Å²) in [5, 5.41) is 0. The van der Waals surface area contributed by atoms with E-state index in [0.717, 1.165) is 18.6 Å². The van der Waals surface area contributed by atoms with Crippen LogP contribution in [0.5, 0.6) is 11.5 Å². The molecule has 2 aromatic rings. The van der Waals surface area contributed by atoms with Gasteiger partial charge < -0.3 is 9.47 Å². The number of hydrogen-bond acceptors (Lipinski definition) is 4. The summed E-state index contributed by atoms with van der Waals surface area (Å²) in [5.74, 6) is 0.933. The van der Waals surface area contributed by atoms with Gasteiger partial charge in [-0.1, -0.05) is 18.2 Å². The number of carbonyl (C=O) groups excluding carboxylic acids is 2. The zero-order chi connectivity index (χ0) is 16.1. The number of rotatable bonds is 4. The van der Waals surface area contributed by atoms with Gasteiger partial charge in [0, 0.05) is 6.42 Å². The summed E-state index contributed by atoms with van der Waals surface area (Å²) in [7, 11) is 0. The number of ether oxygens (including phenoxy) is 2. The Balaban J connectivity index is 1.62. The van der Waals surface area contributed by atoms with Crippen LogP contribution in [0.25, 0.3) is 0 Å². The van der Waals surface area contributed by atoms with Gasteiger partial charge in [-0.2, -0.15) is 0 Å². The number of hydrogen-bond donors (Lipinski definition) is 0. The van der Waals surface area contributed by atoms with Crippen molar-refractivity contribution < 1.29 is 19.1 Å². The molecule has 1 fully saturated rings. The lowest BCUT2D eigenvalue weighted by molar-refractivity contribution is -0.129. The van der Waals surface area contributed by atoms with Crippen molar-refractivity contribution in [2.75, 3.05) is 0 Å². The van der Waals surface area contributed by atoms with Crippen LogP contribution >= 0.6 is 0 Å². The number of para-hydroxylation sites is 1. The maximum Gasteiger partial charge on any atom is 0.338 e. The molecule has 0 amide bonds. The van der Waals surface area contributed by atoms with Crippen molar-refractivity contribution in [2.45, 2.75) is 31.8 Å². The quantitative estimate of drug-likeness (QED) is 0.796. The summed E-state index contributed by atoms with van der Waals surface area (Å²) in [5.41, 5.74) is 0.420. The molecule has 0 saturated heterocycles. The van der Waals surface area contributed by atoms with Gasteiger partial charge >= 0.3 is 5.97 Å². The molecule has 1 aliphatic rings. The van der Waals surface area contributed by atoms with E-state index < -0.39 is 12.1 Å². The first kappa shape index (κ1) is 15.3. The molecule has 0 aromatic heterocycles. The highest BCUT2D eigenvalue weighted by Gasteiger charge is 2.26. The van der Waals surface area contributed by atoms with Crippen LogP contribution in [0.3, 0.4) is 0 Å². The normalized spacial score (nSPS) is 17.6. The predicted octanol–water partition coefficient (Wildman–Crippen LogP) is 4.15. The monoisotopic (exact) mass is 310 g/mol. The van der Waals surface area contributed by atoms with Crippen LogP contribution in [0.15, 0.2) is 54.6 Å². The molecule has 3 rings (SSSR count). The minimum absolute atomic E-state index is 0.0219. The first-order chi connectivity index (χ1) is 11.2. The number of carbonyl (C=O) groups is 2. The average Bonchev–Trinajstić information content (AvgIpc) is 2.58. The van der Waals surface area contributed by atoms with Crippen LogP contribution in [0.4, 0.5) is 0 Å². The van der Waals surface area contributed by atoms with E-state index in [0.29, 0.717) is 24.2 Å². The molecule has 0 unspecified atom stereocenters. The number of Topliss-reactive ketones (excluding diaryl/α,β-unsaturated/α-hetero) is 1. The van der Waals surface area contributed by atoms with Gasteiger partial charge in [0.05, 0.1) is 5.56 Å². The molecular formula is C19H18O4. The minimum atomic E-state index is -0.587. The topological polar surface area (TPSA) is 52.6 Å². The largest absolute Gasteiger partial charge is 0.457 e. The van der Waals surface area contributed by atoms with Crippen LogP contribution in [-0.2, 0) is 9.53 Å². The predicted molar refractivity (Wildman–Crippen MR) is 85.6 cm³/mol. The van der Waals surface area contributed by atoms with E-state index in [1.54, 1.807) is 24.3 Å². The smallest absolute Gasteiger partial charge is 0.338 e. The van der Waals surface area contributed by atoms with Gasteiger partial charge in [0.2, 0.25) is 0 Å². The Morgan fingerprint density at radius 3 is 2.30 bits per heavy atom. The fourth-order valence-electron chi connectivity index (χ4n) is 2.56. The van der Waals surface area contributed by atoms with Crippen molar-refractivity contribution in [3.63, 3.8) is 0 Å². The van der Waals surface area contributed by atoms with E-state index in [1.807, 2.05) is 30.3 Å². The SMILES string of the molecule is O=C(O[C@H]1CCCCC1=O)c1ccc(Oc2ccccc2)cc1. The zero-order valence-corrected chi connectivity index (χ0v) is 12.7. The Morgan fingerprint density at radius 2 is 1.61 bits per heavy atom. The lowest BCUT2D eigenvalue weighted by Crippen LogP contribution is -2.30. The second-order valence-electron chi connectivity index (χ2n) is 5.55. The number of esters is 1. The first-order valence-electron chi connectivity index (χ1n) is 7.79. The van der Waals surface area contributed by atoms with Gasteiger partial charge in [-0.25, -0.2) is 4.79 Å². The summed E-state index contributed by atoms with van der Waals surface area (Å²) in [4.78, 5) is 23.8. The standard InChI is InChI=1S/C19H18O4/c20-17-8-4-5-9-18(17)23-19(21)14-10-12-16(13-11-14)22-15-6-2-1-3-7-15/h1-3,6-7,10-13,18H,4-5,8-9H2/t18-/m0/s1. The first-order valence-corrected chi connectivity index (χ1v) is 7.79. The van der Waals surface area contributed by atoms with Crippen LogP contribution in [0, 0.1) is 0 Å². The highest BCUT2D eigenvalue weighted by atomic mass is 16.5. The van der Waals surface area contributed by atoms with E-state index in [2.05, 4.69) is 0 Å². The molecule has 23 heavy (non-hydrogen) atoms. The van der Waals surface area contributed by atoms with Gasteiger partial charge in [0.1, 0.15) is 11.5 Å². The molecule has 0 radical (unpaired) electrons. The fourth-order valence-corrected chi connectivity index (χ4v) is 2.56. The Hall–Kier alpha value is -2.62. The lowest BCUT2D eigenvalue weighted by atomic mass is 9.96. The number of ketones is 1. The molecular weight excluding hydrogens is 292 g/mol. The lowest BCUT2D eigenvalue weighted by Gasteiger charge is -2.20. The van der Waals surface area contributed by atoms with Crippen LogP contribution < -0.4 is 4.74 Å². The Bertz CT molecular complexity index is 676. The van der Waals surface area contributed by atoms with Crippen molar-refractivity contribution in [3.8, 4) is 11.5 Å². The van der Waals surface area contributed by atoms with E-state index in [1.165, 1.54) is 0 Å². The Kier molecular flexibility index (Phi) is 4.71. The van der Waals surface area contributed by atoms with Gasteiger partial charge in [-0.15, -0.1) is 0 Å². The molecule has 0 N–H and O–H groups in total. The summed E-state index contributed by atoms with van der Waals surface area (Å²) >= 11 is 0. The maximum absolute atomic E-state index is 12.1. The van der Waals surface area contributed by atoms with Crippen molar-refractivity contribution >= 4 is 11.8 Å². The van der Waals surface area contributed by atoms with Crippen molar-refractivity contribution in [1.82, 2.24) is 0 Å². The Morgan fingerprint density at radius 1 is 0.913 bits per heavy atom. The molecule has 0 heterocycles. The molecule has 118 valence electrons. The maximum atomic E-state index is 12.1. The minimum Gasteiger partial charge on any atom is -0.457 e. The van der Waals surface area contributed by atoms with Gasteiger partial charge in [0.25, 0.3) is 0 Å². The summed E-state index contributed by atoms with van der Waals surface area (Å²) in [6, 6.07) is 16.1. The van der Waals surface area contributed by atoms with E-state index in [-0.39, 0.29) is 5.78 Å². The molecule has 1 atom stereocenters. The second kappa shape index (κ2) is 7.09. The van der Waals surface area contributed by atoms with E-state index >= 15 is 0 Å².